The molecule has 0 saturated heterocycles. The molecule has 11 rings (SSSR count). The molecule has 240 valence electrons. The molecule has 7 aromatic heterocycles. The van der Waals surface area contributed by atoms with Gasteiger partial charge in [-0.3, -0.25) is 19.9 Å². The molecule has 0 fully saturated rings. The number of pyridine rings is 4. The second-order valence-corrected chi connectivity index (χ2v) is 14.2. The molecule has 0 spiro atoms. The van der Waals surface area contributed by atoms with Crippen LogP contribution in [-0.2, 0) is 6.42 Å². The van der Waals surface area contributed by atoms with E-state index < -0.39 is 0 Å². The predicted octanol–water partition coefficient (Wildman–Crippen LogP) is 10.7. The fourth-order valence-corrected chi connectivity index (χ4v) is 9.31. The van der Waals surface area contributed by atoms with E-state index in [1.165, 1.54) is 42.6 Å². The second-order valence-electron chi connectivity index (χ2n) is 13.1. The lowest BCUT2D eigenvalue weighted by atomic mass is 9.85. The summed E-state index contributed by atoms with van der Waals surface area (Å²) in [7, 11) is 0. The Morgan fingerprint density at radius 2 is 1.31 bits per heavy atom. The van der Waals surface area contributed by atoms with Gasteiger partial charge in [0.2, 0.25) is 0 Å². The maximum atomic E-state index is 4.94. The number of allylic oxidation sites excluding steroid dienone is 1. The lowest BCUT2D eigenvalue weighted by molar-refractivity contribution is 0.832. The zero-order valence-electron chi connectivity index (χ0n) is 27.3. The minimum atomic E-state index is 0.176. The van der Waals surface area contributed by atoms with Crippen LogP contribution in [0.4, 0.5) is 0 Å². The quantitative estimate of drug-likeness (QED) is 0.187. The first-order valence-electron chi connectivity index (χ1n) is 17.1. The number of fused-ring (bicyclic) bond motifs is 9. The number of rotatable bonds is 4. The SMILES string of the molecule is C1=CC(c2cc(-c3cccc(-n4c5cccnc5c5ncccc54)c3)cc3c2sc2ccncc23)Cc2c1n(-c1ccccc1)c1cccnc21. The van der Waals surface area contributed by atoms with Crippen molar-refractivity contribution in [1.29, 1.82) is 0 Å². The summed E-state index contributed by atoms with van der Waals surface area (Å²) < 4.78 is 7.20. The van der Waals surface area contributed by atoms with Crippen LogP contribution in [0.15, 0.2) is 146 Å². The molecule has 1 aliphatic rings. The van der Waals surface area contributed by atoms with Crippen LogP contribution in [0.3, 0.4) is 0 Å². The molecule has 1 atom stereocenters. The number of nitrogens with zero attached hydrogens (tertiary/aromatic N) is 6. The Morgan fingerprint density at radius 1 is 0.588 bits per heavy atom. The smallest absolute Gasteiger partial charge is 0.115 e. The van der Waals surface area contributed by atoms with Crippen LogP contribution < -0.4 is 0 Å². The van der Waals surface area contributed by atoms with E-state index in [1.54, 1.807) is 0 Å². The lowest BCUT2D eigenvalue weighted by Gasteiger charge is -2.21. The van der Waals surface area contributed by atoms with Gasteiger partial charge in [0.1, 0.15) is 11.0 Å². The summed E-state index contributed by atoms with van der Waals surface area (Å²) in [6, 6.07) is 38.8. The van der Waals surface area contributed by atoms with Crippen LogP contribution in [0.25, 0.3) is 81.9 Å². The van der Waals surface area contributed by atoms with Gasteiger partial charge in [-0.2, -0.15) is 0 Å². The first-order chi connectivity index (χ1) is 25.3. The largest absolute Gasteiger partial charge is 0.308 e. The van der Waals surface area contributed by atoms with Gasteiger partial charge < -0.3 is 9.13 Å². The first-order valence-corrected chi connectivity index (χ1v) is 17.9. The number of hydrogen-bond acceptors (Lipinski definition) is 5. The molecule has 1 aliphatic carbocycles. The van der Waals surface area contributed by atoms with Crippen molar-refractivity contribution in [2.75, 3.05) is 0 Å². The van der Waals surface area contributed by atoms with E-state index in [-0.39, 0.29) is 5.92 Å². The summed E-state index contributed by atoms with van der Waals surface area (Å²) in [5.41, 5.74) is 14.5. The van der Waals surface area contributed by atoms with Crippen molar-refractivity contribution in [3.63, 3.8) is 0 Å². The lowest BCUT2D eigenvalue weighted by Crippen LogP contribution is -2.08. The maximum absolute atomic E-state index is 4.94. The molecule has 1 unspecified atom stereocenters. The molecule has 0 aliphatic heterocycles. The van der Waals surface area contributed by atoms with Crippen molar-refractivity contribution >= 4 is 70.7 Å². The summed E-state index contributed by atoms with van der Waals surface area (Å²) >= 11 is 1.86. The Labute approximate surface area is 296 Å². The second kappa shape index (κ2) is 11.0. The van der Waals surface area contributed by atoms with Gasteiger partial charge >= 0.3 is 0 Å². The minimum absolute atomic E-state index is 0.176. The van der Waals surface area contributed by atoms with Gasteiger partial charge in [0.25, 0.3) is 0 Å². The summed E-state index contributed by atoms with van der Waals surface area (Å²) in [6.07, 6.45) is 15.1. The Morgan fingerprint density at radius 3 is 2.10 bits per heavy atom. The number of aromatic nitrogens is 6. The molecule has 51 heavy (non-hydrogen) atoms. The molecule has 0 saturated carbocycles. The highest BCUT2D eigenvalue weighted by Gasteiger charge is 2.27. The third-order valence-corrected chi connectivity index (χ3v) is 11.5. The average molecular weight is 673 g/mol. The van der Waals surface area contributed by atoms with E-state index in [0.717, 1.165) is 56.5 Å². The molecule has 0 amide bonds. The van der Waals surface area contributed by atoms with E-state index in [9.17, 15) is 0 Å². The Hall–Kier alpha value is -6.44. The third-order valence-electron chi connectivity index (χ3n) is 10.3. The molecule has 3 aromatic carbocycles. The van der Waals surface area contributed by atoms with Gasteiger partial charge in [0, 0.05) is 74.0 Å². The fraction of sp³-hybridized carbons (Fsp3) is 0.0455. The van der Waals surface area contributed by atoms with E-state index in [0.29, 0.717) is 0 Å². The highest BCUT2D eigenvalue weighted by molar-refractivity contribution is 7.26. The van der Waals surface area contributed by atoms with Crippen LogP contribution in [-0.4, -0.2) is 29.1 Å². The van der Waals surface area contributed by atoms with E-state index in [1.807, 2.05) is 60.5 Å². The first kappa shape index (κ1) is 28.4. The zero-order valence-corrected chi connectivity index (χ0v) is 28.1. The topological polar surface area (TPSA) is 61.4 Å². The number of para-hydroxylation sites is 1. The summed E-state index contributed by atoms with van der Waals surface area (Å²) in [5, 5.41) is 2.44. The molecule has 0 N–H and O–H groups in total. The van der Waals surface area contributed by atoms with Crippen molar-refractivity contribution in [3.05, 3.63) is 163 Å². The van der Waals surface area contributed by atoms with Gasteiger partial charge in [-0.25, -0.2) is 0 Å². The van der Waals surface area contributed by atoms with Gasteiger partial charge in [-0.1, -0.05) is 36.4 Å². The van der Waals surface area contributed by atoms with Crippen LogP contribution in [0.5, 0.6) is 0 Å². The standard InChI is InChI=1S/C44H28N6S/c1-2-9-30(10-3-1)49-36-16-15-28(23-34(36)41-37(49)12-5-18-46-41)32-24-29(25-33-35-26-45-21-17-40(35)51-44(32)33)27-8-4-11-31(22-27)50-38-13-6-19-47-42(38)43-39(50)14-7-20-48-43/h1-22,24-26,28H,23H2. The predicted molar refractivity (Wildman–Crippen MR) is 209 cm³/mol. The Bertz CT molecular complexity index is 2970. The molecule has 0 radical (unpaired) electrons. The van der Waals surface area contributed by atoms with Crippen LogP contribution in [0.2, 0.25) is 0 Å². The normalized spacial score (nSPS) is 14.3. The number of thiophene rings is 1. The van der Waals surface area contributed by atoms with Crippen LogP contribution in [0, 0.1) is 0 Å². The van der Waals surface area contributed by atoms with Crippen molar-refractivity contribution in [2.24, 2.45) is 0 Å². The van der Waals surface area contributed by atoms with Crippen molar-refractivity contribution in [2.45, 2.75) is 12.3 Å². The van der Waals surface area contributed by atoms with Gasteiger partial charge in [0.15, 0.2) is 0 Å². The fourth-order valence-electron chi connectivity index (χ4n) is 8.08. The Balaban J connectivity index is 1.10. The summed E-state index contributed by atoms with van der Waals surface area (Å²) in [6.45, 7) is 0. The minimum Gasteiger partial charge on any atom is -0.308 e. The molecule has 7 heteroatoms. The summed E-state index contributed by atoms with van der Waals surface area (Å²) in [4.78, 5) is 18.9. The van der Waals surface area contributed by atoms with E-state index >= 15 is 0 Å². The van der Waals surface area contributed by atoms with Crippen molar-refractivity contribution < 1.29 is 0 Å². The van der Waals surface area contributed by atoms with E-state index in [2.05, 4.69) is 117 Å². The number of benzene rings is 3. The highest BCUT2D eigenvalue weighted by atomic mass is 32.1. The third kappa shape index (κ3) is 4.28. The molecule has 7 heterocycles. The van der Waals surface area contributed by atoms with E-state index in [4.69, 9.17) is 15.0 Å². The number of hydrogen-bond donors (Lipinski definition) is 0. The monoisotopic (exact) mass is 672 g/mol. The van der Waals surface area contributed by atoms with Gasteiger partial charge in [-0.15, -0.1) is 11.3 Å². The average Bonchev–Trinajstić information content (AvgIpc) is 3.85. The maximum Gasteiger partial charge on any atom is 0.115 e. The van der Waals surface area contributed by atoms with Gasteiger partial charge in [-0.05, 0) is 108 Å². The Kier molecular flexibility index (Phi) is 6.15. The van der Waals surface area contributed by atoms with Crippen LogP contribution >= 0.6 is 11.3 Å². The van der Waals surface area contributed by atoms with Gasteiger partial charge in [0.05, 0.1) is 27.8 Å². The molecule has 6 nitrogen and oxygen atoms in total. The molecular weight excluding hydrogens is 645 g/mol. The summed E-state index contributed by atoms with van der Waals surface area (Å²) in [5.74, 6) is 0.176. The molecular formula is C44H28N6S. The van der Waals surface area contributed by atoms with Crippen molar-refractivity contribution in [3.8, 4) is 22.5 Å². The molecule has 0 bridgehead atoms. The van der Waals surface area contributed by atoms with Crippen LogP contribution in [0.1, 0.15) is 22.7 Å². The molecule has 10 aromatic rings. The highest BCUT2D eigenvalue weighted by Crippen LogP contribution is 2.45. The zero-order chi connectivity index (χ0) is 33.5. The van der Waals surface area contributed by atoms with Crippen molar-refractivity contribution in [1.82, 2.24) is 29.1 Å².